The summed E-state index contributed by atoms with van der Waals surface area (Å²) in [6, 6.07) is 7.54. The number of pyridine rings is 2. The molecule has 0 spiro atoms. The van der Waals surface area contributed by atoms with E-state index in [9.17, 15) is 27.2 Å². The number of alkyl halides is 3. The van der Waals surface area contributed by atoms with E-state index in [0.29, 0.717) is 0 Å². The molecule has 1 aromatic carbocycles. The van der Waals surface area contributed by atoms with Crippen LogP contribution in [-0.4, -0.2) is 22.2 Å². The number of hydrogen-bond donors (Lipinski definition) is 2. The number of benzene rings is 1. The number of halogens is 4. The lowest BCUT2D eigenvalue weighted by molar-refractivity contribution is -0.274. The Balaban J connectivity index is 1.99. The fourth-order valence-corrected chi connectivity index (χ4v) is 2.78. The number of ether oxygens (including phenoxy) is 1. The van der Waals surface area contributed by atoms with Crippen molar-refractivity contribution < 1.29 is 27.1 Å². The fraction of sp³-hybridized carbons (Fsp3) is 0.150. The third-order valence-corrected chi connectivity index (χ3v) is 4.14. The highest BCUT2D eigenvalue weighted by Gasteiger charge is 2.32. The van der Waals surface area contributed by atoms with Gasteiger partial charge in [-0.1, -0.05) is 6.07 Å². The molecule has 0 fully saturated rings. The highest BCUT2D eigenvalue weighted by atomic mass is 19.4. The third kappa shape index (κ3) is 5.02. The van der Waals surface area contributed by atoms with Crippen LogP contribution in [0.15, 0.2) is 59.7 Å². The summed E-state index contributed by atoms with van der Waals surface area (Å²) in [4.78, 5) is 30.1. The Kier molecular flexibility index (Phi) is 5.86. The van der Waals surface area contributed by atoms with Crippen molar-refractivity contribution in [1.29, 1.82) is 0 Å². The Hall–Kier alpha value is -3.69. The lowest BCUT2D eigenvalue weighted by atomic mass is 9.99. The molecule has 2 aromatic heterocycles. The summed E-state index contributed by atoms with van der Waals surface area (Å²) in [6.07, 6.45) is -2.35. The van der Waals surface area contributed by atoms with Gasteiger partial charge in [-0.05, 0) is 48.4 Å². The van der Waals surface area contributed by atoms with Crippen LogP contribution in [0.4, 0.5) is 17.6 Å². The Morgan fingerprint density at radius 2 is 1.97 bits per heavy atom. The van der Waals surface area contributed by atoms with Gasteiger partial charge in [0.05, 0.1) is 11.6 Å². The fourth-order valence-electron chi connectivity index (χ4n) is 2.78. The predicted octanol–water partition coefficient (Wildman–Crippen LogP) is 3.64. The van der Waals surface area contributed by atoms with Crippen LogP contribution in [0, 0.1) is 12.7 Å². The number of hydrogen-bond acceptors (Lipinski definition) is 4. The number of aromatic nitrogens is 2. The molecule has 1 atom stereocenters. The van der Waals surface area contributed by atoms with Crippen LogP contribution < -0.4 is 15.6 Å². The van der Waals surface area contributed by atoms with Gasteiger partial charge in [-0.2, -0.15) is 0 Å². The van der Waals surface area contributed by atoms with E-state index >= 15 is 0 Å². The first-order chi connectivity index (χ1) is 14.1. The number of rotatable bonds is 5. The summed E-state index contributed by atoms with van der Waals surface area (Å²) in [7, 11) is 0. The zero-order valence-corrected chi connectivity index (χ0v) is 15.5. The minimum absolute atomic E-state index is 0.102. The van der Waals surface area contributed by atoms with Crippen LogP contribution >= 0.6 is 0 Å². The molecule has 1 amide bonds. The second-order valence-electron chi connectivity index (χ2n) is 6.29. The zero-order valence-electron chi connectivity index (χ0n) is 15.5. The van der Waals surface area contributed by atoms with Crippen molar-refractivity contribution in [3.63, 3.8) is 0 Å². The second kappa shape index (κ2) is 8.36. The Bertz CT molecular complexity index is 1110. The SMILES string of the molecule is Cc1cc(C(NC(=O)c2ccc(=O)[nH]c2)c2ncccc2F)ccc1OC(F)(F)F. The summed E-state index contributed by atoms with van der Waals surface area (Å²) < 4.78 is 55.9. The normalized spacial score (nSPS) is 12.3. The van der Waals surface area contributed by atoms with E-state index in [1.54, 1.807) is 0 Å². The highest BCUT2D eigenvalue weighted by Crippen LogP contribution is 2.30. The molecule has 2 N–H and O–H groups in total. The molecule has 0 aliphatic rings. The average molecular weight is 421 g/mol. The summed E-state index contributed by atoms with van der Waals surface area (Å²) in [5.74, 6) is -1.77. The van der Waals surface area contributed by atoms with Gasteiger partial charge in [-0.3, -0.25) is 14.6 Å². The first kappa shape index (κ1) is 21.0. The molecule has 0 aliphatic heterocycles. The van der Waals surface area contributed by atoms with Crippen LogP contribution in [0.2, 0.25) is 0 Å². The molecule has 156 valence electrons. The van der Waals surface area contributed by atoms with Crippen molar-refractivity contribution in [2.75, 3.05) is 0 Å². The molecule has 3 aromatic rings. The van der Waals surface area contributed by atoms with Crippen molar-refractivity contribution in [3.05, 3.63) is 93.4 Å². The second-order valence-corrected chi connectivity index (χ2v) is 6.29. The van der Waals surface area contributed by atoms with Gasteiger partial charge < -0.3 is 15.0 Å². The average Bonchev–Trinajstić information content (AvgIpc) is 2.68. The van der Waals surface area contributed by atoms with Crippen molar-refractivity contribution in [1.82, 2.24) is 15.3 Å². The quantitative estimate of drug-likeness (QED) is 0.617. The van der Waals surface area contributed by atoms with E-state index in [2.05, 4.69) is 20.0 Å². The van der Waals surface area contributed by atoms with E-state index in [1.807, 2.05) is 0 Å². The number of aryl methyl sites for hydroxylation is 1. The maximum atomic E-state index is 14.4. The Labute approximate surface area is 167 Å². The van der Waals surface area contributed by atoms with Gasteiger partial charge in [-0.25, -0.2) is 4.39 Å². The van der Waals surface area contributed by atoms with Crippen LogP contribution in [0.3, 0.4) is 0 Å². The van der Waals surface area contributed by atoms with Crippen LogP contribution in [-0.2, 0) is 0 Å². The predicted molar refractivity (Wildman–Crippen MR) is 98.4 cm³/mol. The molecule has 0 saturated carbocycles. The standard InChI is InChI=1S/C20H15F4N3O3/c1-11-9-12(4-6-15(11)30-20(22,23)24)17(18-14(21)3-2-8-25-18)27-19(29)13-5-7-16(28)26-10-13/h2-10,17H,1H3,(H,26,28)(H,27,29). The zero-order chi connectivity index (χ0) is 21.9. The van der Waals surface area contributed by atoms with Gasteiger partial charge in [0.25, 0.3) is 5.91 Å². The van der Waals surface area contributed by atoms with Crippen LogP contribution in [0.25, 0.3) is 0 Å². The summed E-state index contributed by atoms with van der Waals surface area (Å²) in [6.45, 7) is 1.39. The lowest BCUT2D eigenvalue weighted by Crippen LogP contribution is -2.31. The first-order valence-electron chi connectivity index (χ1n) is 8.60. The molecular weight excluding hydrogens is 406 g/mol. The molecule has 0 radical (unpaired) electrons. The molecule has 30 heavy (non-hydrogen) atoms. The van der Waals surface area contributed by atoms with Crippen molar-refractivity contribution in [3.8, 4) is 5.75 Å². The van der Waals surface area contributed by atoms with E-state index in [4.69, 9.17) is 0 Å². The first-order valence-corrected chi connectivity index (χ1v) is 8.60. The monoisotopic (exact) mass is 421 g/mol. The van der Waals surface area contributed by atoms with E-state index in [-0.39, 0.29) is 22.4 Å². The number of H-pyrrole nitrogens is 1. The van der Waals surface area contributed by atoms with Gasteiger partial charge in [-0.15, -0.1) is 13.2 Å². The number of aromatic amines is 1. The molecule has 0 aliphatic carbocycles. The third-order valence-electron chi connectivity index (χ3n) is 4.14. The molecular formula is C20H15F4N3O3. The number of nitrogens with one attached hydrogen (secondary N) is 2. The van der Waals surface area contributed by atoms with E-state index in [0.717, 1.165) is 18.2 Å². The van der Waals surface area contributed by atoms with Crippen molar-refractivity contribution in [2.45, 2.75) is 19.3 Å². The molecule has 1 unspecified atom stereocenters. The lowest BCUT2D eigenvalue weighted by Gasteiger charge is -2.21. The maximum absolute atomic E-state index is 14.4. The van der Waals surface area contributed by atoms with Crippen LogP contribution in [0.1, 0.15) is 33.2 Å². The highest BCUT2D eigenvalue weighted by molar-refractivity contribution is 5.94. The molecule has 2 heterocycles. The minimum atomic E-state index is -4.86. The van der Waals surface area contributed by atoms with Crippen molar-refractivity contribution >= 4 is 5.91 Å². The van der Waals surface area contributed by atoms with E-state index in [1.165, 1.54) is 43.6 Å². The van der Waals surface area contributed by atoms with Gasteiger partial charge in [0, 0.05) is 18.5 Å². The van der Waals surface area contributed by atoms with Gasteiger partial charge in [0.2, 0.25) is 5.56 Å². The molecule has 10 heteroatoms. The van der Waals surface area contributed by atoms with Crippen molar-refractivity contribution in [2.24, 2.45) is 0 Å². The van der Waals surface area contributed by atoms with E-state index < -0.39 is 35.4 Å². The van der Waals surface area contributed by atoms with Gasteiger partial charge in [0.1, 0.15) is 17.3 Å². The summed E-state index contributed by atoms with van der Waals surface area (Å²) in [5.41, 5.74) is -0.0135. The smallest absolute Gasteiger partial charge is 0.406 e. The number of carbonyl (C=O) groups is 1. The molecule has 6 nitrogen and oxygen atoms in total. The molecule has 3 rings (SSSR count). The largest absolute Gasteiger partial charge is 0.573 e. The van der Waals surface area contributed by atoms with Crippen LogP contribution in [0.5, 0.6) is 5.75 Å². The minimum Gasteiger partial charge on any atom is -0.406 e. The Morgan fingerprint density at radius 3 is 2.57 bits per heavy atom. The molecule has 0 bridgehead atoms. The summed E-state index contributed by atoms with van der Waals surface area (Å²) >= 11 is 0. The van der Waals surface area contributed by atoms with Gasteiger partial charge in [0.15, 0.2) is 0 Å². The summed E-state index contributed by atoms with van der Waals surface area (Å²) in [5, 5.41) is 2.59. The number of amides is 1. The topological polar surface area (TPSA) is 84.1 Å². The Morgan fingerprint density at radius 1 is 1.20 bits per heavy atom. The maximum Gasteiger partial charge on any atom is 0.573 e. The van der Waals surface area contributed by atoms with Gasteiger partial charge >= 0.3 is 6.36 Å². The molecule has 0 saturated heterocycles. The number of carbonyl (C=O) groups excluding carboxylic acids is 1. The number of nitrogens with zero attached hydrogens (tertiary/aromatic N) is 1.